The van der Waals surface area contributed by atoms with Gasteiger partial charge in [0.1, 0.15) is 0 Å². The summed E-state index contributed by atoms with van der Waals surface area (Å²) >= 11 is 0. The van der Waals surface area contributed by atoms with Crippen molar-refractivity contribution in [3.05, 3.63) is 29.6 Å². The van der Waals surface area contributed by atoms with Gasteiger partial charge in [-0.3, -0.25) is 4.98 Å². The minimum Gasteiger partial charge on any atom is -0.381 e. The summed E-state index contributed by atoms with van der Waals surface area (Å²) in [4.78, 5) is 6.70. The highest BCUT2D eigenvalue weighted by Gasteiger charge is 2.02. The van der Waals surface area contributed by atoms with Crippen LogP contribution in [0.1, 0.15) is 44.0 Å². The lowest BCUT2D eigenvalue weighted by Crippen LogP contribution is -2.12. The normalized spacial score (nSPS) is 14.8. The third kappa shape index (κ3) is 6.12. The SMILES string of the molecule is C1CCOC1.CC(C)c1cccc(CN(C)C)n1. The summed E-state index contributed by atoms with van der Waals surface area (Å²) in [5.41, 5.74) is 2.33. The molecule has 0 aromatic carbocycles. The summed E-state index contributed by atoms with van der Waals surface area (Å²) in [5, 5.41) is 0. The van der Waals surface area contributed by atoms with E-state index < -0.39 is 0 Å². The van der Waals surface area contributed by atoms with E-state index in [0.717, 1.165) is 25.5 Å². The van der Waals surface area contributed by atoms with Crippen molar-refractivity contribution in [2.45, 2.75) is 39.2 Å². The average molecular weight is 250 g/mol. The van der Waals surface area contributed by atoms with Gasteiger partial charge < -0.3 is 9.64 Å². The van der Waals surface area contributed by atoms with Crippen LogP contribution in [-0.4, -0.2) is 37.2 Å². The van der Waals surface area contributed by atoms with Crippen LogP contribution in [-0.2, 0) is 11.3 Å². The number of rotatable bonds is 3. The zero-order chi connectivity index (χ0) is 13.4. The fourth-order valence-electron chi connectivity index (χ4n) is 1.74. The molecule has 18 heavy (non-hydrogen) atoms. The zero-order valence-electron chi connectivity index (χ0n) is 12.1. The molecule has 0 atom stereocenters. The number of nitrogens with zero attached hydrogens (tertiary/aromatic N) is 2. The monoisotopic (exact) mass is 250 g/mol. The molecular formula is C15H26N2O. The molecule has 0 spiro atoms. The van der Waals surface area contributed by atoms with Crippen molar-refractivity contribution in [1.82, 2.24) is 9.88 Å². The lowest BCUT2D eigenvalue weighted by Gasteiger charge is -2.11. The average Bonchev–Trinajstić information content (AvgIpc) is 2.87. The molecule has 0 aliphatic carbocycles. The fraction of sp³-hybridized carbons (Fsp3) is 0.667. The van der Waals surface area contributed by atoms with Crippen molar-refractivity contribution in [2.24, 2.45) is 0 Å². The third-order valence-electron chi connectivity index (χ3n) is 2.73. The molecule has 1 aliphatic rings. The van der Waals surface area contributed by atoms with Gasteiger partial charge in [-0.1, -0.05) is 19.9 Å². The highest BCUT2D eigenvalue weighted by atomic mass is 16.5. The molecule has 0 saturated carbocycles. The molecule has 1 aromatic rings. The van der Waals surface area contributed by atoms with Crippen LogP contribution in [0.2, 0.25) is 0 Å². The molecular weight excluding hydrogens is 224 g/mol. The maximum atomic E-state index is 4.94. The minimum atomic E-state index is 0.516. The number of pyridine rings is 1. The summed E-state index contributed by atoms with van der Waals surface area (Å²) < 4.78 is 4.94. The van der Waals surface area contributed by atoms with Crippen LogP contribution in [0.4, 0.5) is 0 Å². The summed E-state index contributed by atoms with van der Waals surface area (Å²) in [5.74, 6) is 0.516. The maximum Gasteiger partial charge on any atom is 0.0547 e. The Kier molecular flexibility index (Phi) is 6.91. The third-order valence-corrected chi connectivity index (χ3v) is 2.73. The summed E-state index contributed by atoms with van der Waals surface area (Å²) in [6, 6.07) is 6.25. The Labute approximate surface area is 111 Å². The highest BCUT2D eigenvalue weighted by molar-refractivity contribution is 5.13. The number of hydrogen-bond acceptors (Lipinski definition) is 3. The van der Waals surface area contributed by atoms with Gasteiger partial charge in [0.25, 0.3) is 0 Å². The van der Waals surface area contributed by atoms with Crippen LogP contribution in [0.15, 0.2) is 18.2 Å². The quantitative estimate of drug-likeness (QED) is 0.824. The Morgan fingerprint density at radius 1 is 1.22 bits per heavy atom. The summed E-state index contributed by atoms with van der Waals surface area (Å²) in [6.07, 6.45) is 2.56. The van der Waals surface area contributed by atoms with Gasteiger partial charge in [-0.25, -0.2) is 0 Å². The minimum absolute atomic E-state index is 0.516. The standard InChI is InChI=1S/C11H18N2.C4H8O/c1-9(2)11-7-5-6-10(12-11)8-13(3)4;1-2-4-5-3-1/h5-7,9H,8H2,1-4H3;1-4H2. The number of hydrogen-bond donors (Lipinski definition) is 0. The van der Waals surface area contributed by atoms with E-state index in [9.17, 15) is 0 Å². The molecule has 3 nitrogen and oxygen atoms in total. The Bertz CT molecular complexity index is 325. The van der Waals surface area contributed by atoms with Crippen LogP contribution < -0.4 is 0 Å². The van der Waals surface area contributed by atoms with Crippen molar-refractivity contribution in [3.63, 3.8) is 0 Å². The van der Waals surface area contributed by atoms with Gasteiger partial charge in [0.2, 0.25) is 0 Å². The molecule has 1 aliphatic heterocycles. The van der Waals surface area contributed by atoms with Crippen molar-refractivity contribution in [3.8, 4) is 0 Å². The molecule has 0 bridgehead atoms. The van der Waals surface area contributed by atoms with E-state index in [0.29, 0.717) is 5.92 Å². The number of aromatic nitrogens is 1. The first kappa shape index (κ1) is 15.1. The van der Waals surface area contributed by atoms with Crippen molar-refractivity contribution < 1.29 is 4.74 Å². The van der Waals surface area contributed by atoms with Gasteiger partial charge in [-0.2, -0.15) is 0 Å². The van der Waals surface area contributed by atoms with Crippen LogP contribution >= 0.6 is 0 Å². The smallest absolute Gasteiger partial charge is 0.0547 e. The van der Waals surface area contributed by atoms with E-state index in [2.05, 4.69) is 56.0 Å². The van der Waals surface area contributed by atoms with E-state index in [1.807, 2.05) is 0 Å². The first-order valence-corrected chi connectivity index (χ1v) is 6.78. The largest absolute Gasteiger partial charge is 0.381 e. The van der Waals surface area contributed by atoms with E-state index >= 15 is 0 Å². The predicted molar refractivity (Wildman–Crippen MR) is 75.8 cm³/mol. The number of ether oxygens (including phenoxy) is 1. The highest BCUT2D eigenvalue weighted by Crippen LogP contribution is 2.11. The van der Waals surface area contributed by atoms with Gasteiger partial charge in [-0.05, 0) is 45.0 Å². The molecule has 1 saturated heterocycles. The topological polar surface area (TPSA) is 25.4 Å². The van der Waals surface area contributed by atoms with Crippen molar-refractivity contribution >= 4 is 0 Å². The predicted octanol–water partition coefficient (Wildman–Crippen LogP) is 3.06. The van der Waals surface area contributed by atoms with Gasteiger partial charge in [0.05, 0.1) is 5.69 Å². The Morgan fingerprint density at radius 2 is 1.89 bits per heavy atom. The molecule has 0 unspecified atom stereocenters. The Morgan fingerprint density at radius 3 is 2.33 bits per heavy atom. The van der Waals surface area contributed by atoms with Crippen molar-refractivity contribution in [1.29, 1.82) is 0 Å². The van der Waals surface area contributed by atoms with Crippen LogP contribution in [0, 0.1) is 0 Å². The van der Waals surface area contributed by atoms with E-state index in [4.69, 9.17) is 4.74 Å². The molecule has 102 valence electrons. The van der Waals surface area contributed by atoms with Crippen molar-refractivity contribution in [2.75, 3.05) is 27.3 Å². The first-order chi connectivity index (χ1) is 8.59. The Balaban J connectivity index is 0.000000269. The summed E-state index contributed by atoms with van der Waals surface area (Å²) in [7, 11) is 4.12. The molecule has 3 heteroatoms. The molecule has 1 aromatic heterocycles. The van der Waals surface area contributed by atoms with Crippen LogP contribution in [0.25, 0.3) is 0 Å². The lowest BCUT2D eigenvalue weighted by molar-refractivity contribution is 0.198. The van der Waals surface area contributed by atoms with Gasteiger partial charge >= 0.3 is 0 Å². The molecule has 0 radical (unpaired) electrons. The second-order valence-electron chi connectivity index (χ2n) is 5.27. The molecule has 0 N–H and O–H groups in total. The second kappa shape index (κ2) is 8.22. The first-order valence-electron chi connectivity index (χ1n) is 6.78. The molecule has 1 fully saturated rings. The van der Waals surface area contributed by atoms with E-state index in [1.165, 1.54) is 18.5 Å². The molecule has 2 rings (SSSR count). The van der Waals surface area contributed by atoms with Gasteiger partial charge in [-0.15, -0.1) is 0 Å². The summed E-state index contributed by atoms with van der Waals surface area (Å²) in [6.45, 7) is 7.25. The van der Waals surface area contributed by atoms with Crippen LogP contribution in [0.3, 0.4) is 0 Å². The molecule has 2 heterocycles. The van der Waals surface area contributed by atoms with Gasteiger partial charge in [0, 0.05) is 25.5 Å². The Hall–Kier alpha value is -0.930. The van der Waals surface area contributed by atoms with Crippen LogP contribution in [0.5, 0.6) is 0 Å². The van der Waals surface area contributed by atoms with E-state index in [1.54, 1.807) is 0 Å². The lowest BCUT2D eigenvalue weighted by atomic mass is 10.1. The molecule has 0 amide bonds. The fourth-order valence-corrected chi connectivity index (χ4v) is 1.74. The van der Waals surface area contributed by atoms with Gasteiger partial charge in [0.15, 0.2) is 0 Å². The maximum absolute atomic E-state index is 4.94. The van der Waals surface area contributed by atoms with E-state index in [-0.39, 0.29) is 0 Å². The zero-order valence-corrected chi connectivity index (χ0v) is 12.1. The second-order valence-corrected chi connectivity index (χ2v) is 5.27.